The maximum Gasteiger partial charge on any atom is 0.226 e. The fourth-order valence-electron chi connectivity index (χ4n) is 1.97. The van der Waals surface area contributed by atoms with Crippen LogP contribution >= 0.6 is 36.2 Å². The Balaban J connectivity index is 0.00000242. The standard InChI is InChI=1S/C15H21N3O2S.2ClH/c1-4-16-10(2)8-17-14(19)7-12-9-21-15(18-12)13-6-5-11(3)20-13;;/h5-6,9-10,16H,4,7-8H2,1-3H3,(H,17,19);2*1H/t10-;;/m1../s1. The first-order valence-electron chi connectivity index (χ1n) is 7.09. The van der Waals surface area contributed by atoms with Crippen LogP contribution in [0.15, 0.2) is 21.9 Å². The Bertz CT molecular complexity index is 601. The van der Waals surface area contributed by atoms with Gasteiger partial charge in [0.05, 0.1) is 12.1 Å². The molecule has 0 fully saturated rings. The number of likely N-dealkylation sites (N-methyl/N-ethyl adjacent to an activating group) is 1. The summed E-state index contributed by atoms with van der Waals surface area (Å²) in [6.07, 6.45) is 0.301. The number of aryl methyl sites for hydroxylation is 1. The van der Waals surface area contributed by atoms with Gasteiger partial charge in [0, 0.05) is 18.0 Å². The number of thiazole rings is 1. The number of carbonyl (C=O) groups excluding carboxylic acids is 1. The quantitative estimate of drug-likeness (QED) is 0.774. The lowest BCUT2D eigenvalue weighted by Gasteiger charge is -2.12. The molecule has 0 saturated carbocycles. The SMILES string of the molecule is CCN[C@H](C)CNC(=O)Cc1csc(-c2ccc(C)o2)n1.Cl.Cl. The molecular weight excluding hydrogens is 357 g/mol. The molecule has 0 radical (unpaired) electrons. The van der Waals surface area contributed by atoms with Crippen LogP contribution in [0.1, 0.15) is 25.3 Å². The number of nitrogens with one attached hydrogen (secondary N) is 2. The van der Waals surface area contributed by atoms with Crippen molar-refractivity contribution in [3.63, 3.8) is 0 Å². The zero-order valence-electron chi connectivity index (χ0n) is 13.4. The number of furan rings is 1. The number of halogens is 2. The molecule has 1 atom stereocenters. The molecule has 2 heterocycles. The van der Waals surface area contributed by atoms with Crippen molar-refractivity contribution in [2.75, 3.05) is 13.1 Å². The van der Waals surface area contributed by atoms with Crippen molar-refractivity contribution >= 4 is 42.1 Å². The highest BCUT2D eigenvalue weighted by Gasteiger charge is 2.11. The number of aromatic nitrogens is 1. The Morgan fingerprint density at radius 2 is 2.13 bits per heavy atom. The van der Waals surface area contributed by atoms with Gasteiger partial charge in [0.2, 0.25) is 5.91 Å². The van der Waals surface area contributed by atoms with Gasteiger partial charge in [0.15, 0.2) is 10.8 Å². The first-order chi connectivity index (χ1) is 10.1. The van der Waals surface area contributed by atoms with Gasteiger partial charge in [-0.1, -0.05) is 6.92 Å². The smallest absolute Gasteiger partial charge is 0.226 e. The van der Waals surface area contributed by atoms with Gasteiger partial charge in [0.1, 0.15) is 5.76 Å². The predicted molar refractivity (Wildman–Crippen MR) is 98.9 cm³/mol. The topological polar surface area (TPSA) is 67.2 Å². The molecule has 0 aliphatic carbocycles. The highest BCUT2D eigenvalue weighted by atomic mass is 35.5. The lowest BCUT2D eigenvalue weighted by molar-refractivity contribution is -0.120. The van der Waals surface area contributed by atoms with E-state index in [1.54, 1.807) is 0 Å². The molecular formula is C15H23Cl2N3O2S. The Morgan fingerprint density at radius 3 is 2.74 bits per heavy atom. The molecule has 0 aliphatic heterocycles. The molecule has 8 heteroatoms. The first kappa shape index (κ1) is 21.9. The van der Waals surface area contributed by atoms with Gasteiger partial charge in [-0.05, 0) is 32.5 Å². The lowest BCUT2D eigenvalue weighted by Crippen LogP contribution is -2.39. The van der Waals surface area contributed by atoms with Crippen LogP contribution in [-0.2, 0) is 11.2 Å². The summed E-state index contributed by atoms with van der Waals surface area (Å²) >= 11 is 1.49. The van der Waals surface area contributed by atoms with Crippen LogP contribution in [-0.4, -0.2) is 30.0 Å². The van der Waals surface area contributed by atoms with E-state index in [-0.39, 0.29) is 36.8 Å². The Hall–Kier alpha value is -1.08. The summed E-state index contributed by atoms with van der Waals surface area (Å²) in [5.74, 6) is 1.61. The summed E-state index contributed by atoms with van der Waals surface area (Å²) in [6, 6.07) is 4.08. The third-order valence-electron chi connectivity index (χ3n) is 3.00. The maximum atomic E-state index is 11.9. The van der Waals surface area contributed by atoms with E-state index in [0.717, 1.165) is 28.8 Å². The van der Waals surface area contributed by atoms with E-state index in [2.05, 4.69) is 15.6 Å². The van der Waals surface area contributed by atoms with Crippen molar-refractivity contribution in [2.24, 2.45) is 0 Å². The molecule has 2 aromatic rings. The summed E-state index contributed by atoms with van der Waals surface area (Å²) in [5, 5.41) is 8.88. The van der Waals surface area contributed by atoms with Crippen molar-refractivity contribution < 1.29 is 9.21 Å². The summed E-state index contributed by atoms with van der Waals surface area (Å²) in [5.41, 5.74) is 0.776. The molecule has 5 nitrogen and oxygen atoms in total. The number of rotatable bonds is 7. The fraction of sp³-hybridized carbons (Fsp3) is 0.467. The van der Waals surface area contributed by atoms with Crippen LogP contribution in [0.5, 0.6) is 0 Å². The molecule has 2 aromatic heterocycles. The monoisotopic (exact) mass is 379 g/mol. The van der Waals surface area contributed by atoms with Gasteiger partial charge >= 0.3 is 0 Å². The highest BCUT2D eigenvalue weighted by molar-refractivity contribution is 7.13. The molecule has 0 spiro atoms. The Morgan fingerprint density at radius 1 is 1.39 bits per heavy atom. The lowest BCUT2D eigenvalue weighted by atomic mass is 10.3. The van der Waals surface area contributed by atoms with Crippen LogP contribution in [0.3, 0.4) is 0 Å². The minimum Gasteiger partial charge on any atom is -0.459 e. The number of nitrogens with zero attached hydrogens (tertiary/aromatic N) is 1. The van der Waals surface area contributed by atoms with Crippen LogP contribution in [0.2, 0.25) is 0 Å². The van der Waals surface area contributed by atoms with Crippen molar-refractivity contribution in [3.8, 4) is 10.8 Å². The second-order valence-corrected chi connectivity index (χ2v) is 5.85. The first-order valence-corrected chi connectivity index (χ1v) is 7.97. The second-order valence-electron chi connectivity index (χ2n) is 4.99. The average Bonchev–Trinajstić information content (AvgIpc) is 3.06. The normalized spacial score (nSPS) is 11.3. The molecule has 0 aliphatic rings. The van der Waals surface area contributed by atoms with Crippen molar-refractivity contribution in [2.45, 2.75) is 33.2 Å². The van der Waals surface area contributed by atoms with Crippen LogP contribution in [0, 0.1) is 6.92 Å². The summed E-state index contributed by atoms with van der Waals surface area (Å²) in [7, 11) is 0. The number of hydrogen-bond acceptors (Lipinski definition) is 5. The van der Waals surface area contributed by atoms with Crippen molar-refractivity contribution in [1.82, 2.24) is 15.6 Å². The van der Waals surface area contributed by atoms with Crippen LogP contribution in [0.25, 0.3) is 10.8 Å². The molecule has 0 saturated heterocycles. The predicted octanol–water partition coefficient (Wildman–Crippen LogP) is 3.21. The minimum absolute atomic E-state index is 0. The molecule has 0 aromatic carbocycles. The van der Waals surface area contributed by atoms with E-state index in [1.807, 2.05) is 38.3 Å². The van der Waals surface area contributed by atoms with E-state index >= 15 is 0 Å². The van der Waals surface area contributed by atoms with E-state index in [0.29, 0.717) is 13.0 Å². The molecule has 23 heavy (non-hydrogen) atoms. The van der Waals surface area contributed by atoms with Crippen molar-refractivity contribution in [1.29, 1.82) is 0 Å². The zero-order chi connectivity index (χ0) is 15.2. The Kier molecular flexibility index (Phi) is 10.1. The van der Waals surface area contributed by atoms with Gasteiger partial charge in [-0.2, -0.15) is 0 Å². The van der Waals surface area contributed by atoms with E-state index in [1.165, 1.54) is 11.3 Å². The third-order valence-corrected chi connectivity index (χ3v) is 3.91. The molecule has 2 N–H and O–H groups in total. The van der Waals surface area contributed by atoms with Gasteiger partial charge in [-0.3, -0.25) is 4.79 Å². The van der Waals surface area contributed by atoms with Gasteiger partial charge in [-0.25, -0.2) is 4.98 Å². The van der Waals surface area contributed by atoms with Crippen LogP contribution < -0.4 is 10.6 Å². The summed E-state index contributed by atoms with van der Waals surface area (Å²) < 4.78 is 5.53. The van der Waals surface area contributed by atoms with E-state index in [9.17, 15) is 4.79 Å². The zero-order valence-corrected chi connectivity index (χ0v) is 15.9. The van der Waals surface area contributed by atoms with E-state index in [4.69, 9.17) is 4.42 Å². The van der Waals surface area contributed by atoms with E-state index < -0.39 is 0 Å². The second kappa shape index (κ2) is 10.6. The summed E-state index contributed by atoms with van der Waals surface area (Å²) in [6.45, 7) is 7.52. The fourth-order valence-corrected chi connectivity index (χ4v) is 2.74. The molecule has 0 bridgehead atoms. The van der Waals surface area contributed by atoms with Gasteiger partial charge < -0.3 is 15.1 Å². The Labute approximate surface area is 153 Å². The highest BCUT2D eigenvalue weighted by Crippen LogP contribution is 2.25. The molecule has 1 amide bonds. The largest absolute Gasteiger partial charge is 0.459 e. The average molecular weight is 380 g/mol. The molecule has 0 unspecified atom stereocenters. The number of hydrogen-bond donors (Lipinski definition) is 2. The van der Waals surface area contributed by atoms with Crippen LogP contribution in [0.4, 0.5) is 0 Å². The van der Waals surface area contributed by atoms with Gasteiger partial charge in [-0.15, -0.1) is 36.2 Å². The number of carbonyl (C=O) groups is 1. The summed E-state index contributed by atoms with van der Waals surface area (Å²) in [4.78, 5) is 16.3. The van der Waals surface area contributed by atoms with Gasteiger partial charge in [0.25, 0.3) is 0 Å². The third kappa shape index (κ3) is 6.91. The molecule has 130 valence electrons. The minimum atomic E-state index is -0.00720. The van der Waals surface area contributed by atoms with Crippen molar-refractivity contribution in [3.05, 3.63) is 29.0 Å². The molecule has 2 rings (SSSR count). The number of amides is 1. The maximum absolute atomic E-state index is 11.9.